The predicted molar refractivity (Wildman–Crippen MR) is 142 cm³/mol. The summed E-state index contributed by atoms with van der Waals surface area (Å²) < 4.78 is 6.17. The number of benzene rings is 1. The van der Waals surface area contributed by atoms with Gasteiger partial charge in [0.05, 0.1) is 11.4 Å². The number of rotatable bonds is 2. The number of hydrogen-bond donors (Lipinski definition) is 1. The van der Waals surface area contributed by atoms with Crippen molar-refractivity contribution in [2.24, 2.45) is 0 Å². The molecule has 8 bridgehead atoms. The molecule has 3 nitrogen and oxygen atoms in total. The molecule has 0 saturated heterocycles. The van der Waals surface area contributed by atoms with Crippen LogP contribution in [0.2, 0.25) is 0 Å². The van der Waals surface area contributed by atoms with E-state index in [2.05, 4.69) is 87.3 Å². The average molecular weight is 445 g/mol. The molecule has 168 valence electrons. The predicted octanol–water partition coefficient (Wildman–Crippen LogP) is 8.73. The Kier molecular flexibility index (Phi) is 4.80. The van der Waals surface area contributed by atoms with Gasteiger partial charge in [0.2, 0.25) is 0 Å². The zero-order valence-corrected chi connectivity index (χ0v) is 20.1. The third-order valence-corrected chi connectivity index (χ3v) is 7.21. The quantitative estimate of drug-likeness (QED) is 0.296. The Balaban J connectivity index is 1.78. The van der Waals surface area contributed by atoms with Crippen molar-refractivity contribution in [3.05, 3.63) is 89.2 Å². The fourth-order valence-electron chi connectivity index (χ4n) is 5.39. The van der Waals surface area contributed by atoms with E-state index in [4.69, 9.17) is 9.40 Å². The van der Waals surface area contributed by atoms with Gasteiger partial charge in [-0.05, 0) is 102 Å². The highest BCUT2D eigenvalue weighted by molar-refractivity contribution is 5.95. The lowest BCUT2D eigenvalue weighted by Crippen LogP contribution is -1.81. The van der Waals surface area contributed by atoms with Gasteiger partial charge < -0.3 is 9.40 Å². The molecule has 0 amide bonds. The van der Waals surface area contributed by atoms with Crippen molar-refractivity contribution in [2.45, 2.75) is 40.5 Å². The van der Waals surface area contributed by atoms with Gasteiger partial charge in [0.1, 0.15) is 11.2 Å². The summed E-state index contributed by atoms with van der Waals surface area (Å²) in [6.07, 6.45) is 1.91. The van der Waals surface area contributed by atoms with Gasteiger partial charge in [-0.25, -0.2) is 4.98 Å². The first-order valence-electron chi connectivity index (χ1n) is 12.1. The van der Waals surface area contributed by atoms with Crippen molar-refractivity contribution >= 4 is 33.3 Å². The number of aromatic nitrogens is 2. The SMILES string of the molecule is CCC1=C(C)c2cc3ccc(cc4[nH]c(cc5cc(cc1n2)-c1ccccc1-5)c(CC)c4C)o3. The van der Waals surface area contributed by atoms with E-state index in [-0.39, 0.29) is 0 Å². The van der Waals surface area contributed by atoms with Gasteiger partial charge >= 0.3 is 0 Å². The Hall–Kier alpha value is -3.85. The molecular formula is C31H28N2O. The Labute approximate surface area is 199 Å². The van der Waals surface area contributed by atoms with Crippen LogP contribution in [0.3, 0.4) is 0 Å². The van der Waals surface area contributed by atoms with Gasteiger partial charge in [-0.2, -0.15) is 0 Å². The average Bonchev–Trinajstić information content (AvgIpc) is 3.56. The van der Waals surface area contributed by atoms with Crippen LogP contribution in [0.5, 0.6) is 0 Å². The van der Waals surface area contributed by atoms with Crippen LogP contribution < -0.4 is 0 Å². The molecule has 1 aromatic carbocycles. The first kappa shape index (κ1) is 20.7. The van der Waals surface area contributed by atoms with E-state index in [1.54, 1.807) is 0 Å². The maximum atomic E-state index is 6.17. The summed E-state index contributed by atoms with van der Waals surface area (Å²) >= 11 is 0. The van der Waals surface area contributed by atoms with E-state index in [0.29, 0.717) is 0 Å². The number of hydrogen-bond acceptors (Lipinski definition) is 2. The summed E-state index contributed by atoms with van der Waals surface area (Å²) in [5, 5.41) is 0. The van der Waals surface area contributed by atoms with Crippen molar-refractivity contribution in [1.82, 2.24) is 9.97 Å². The number of furan rings is 1. The van der Waals surface area contributed by atoms with E-state index in [0.717, 1.165) is 46.4 Å². The van der Waals surface area contributed by atoms with Crippen LogP contribution >= 0.6 is 0 Å². The summed E-state index contributed by atoms with van der Waals surface area (Å²) in [6, 6.07) is 23.7. The first-order valence-corrected chi connectivity index (χ1v) is 12.1. The second-order valence-corrected chi connectivity index (χ2v) is 9.17. The third kappa shape index (κ3) is 3.23. The van der Waals surface area contributed by atoms with Crippen LogP contribution in [0, 0.1) is 6.92 Å². The summed E-state index contributed by atoms with van der Waals surface area (Å²) in [7, 11) is 0. The number of allylic oxidation sites excluding steroid dienone is 2. The Bertz CT molecular complexity index is 1650. The Morgan fingerprint density at radius 1 is 0.735 bits per heavy atom. The number of aromatic amines is 1. The van der Waals surface area contributed by atoms with Crippen LogP contribution in [-0.4, -0.2) is 9.97 Å². The minimum atomic E-state index is 0.820. The van der Waals surface area contributed by atoms with Gasteiger partial charge in [0.15, 0.2) is 0 Å². The molecule has 0 atom stereocenters. The van der Waals surface area contributed by atoms with Crippen LogP contribution in [0.4, 0.5) is 0 Å². The summed E-state index contributed by atoms with van der Waals surface area (Å²) in [5.74, 6) is 0. The molecule has 3 heteroatoms. The van der Waals surface area contributed by atoms with Crippen LogP contribution in [-0.2, 0) is 6.42 Å². The monoisotopic (exact) mass is 444 g/mol. The molecule has 4 heterocycles. The molecule has 0 unspecified atom stereocenters. The summed E-state index contributed by atoms with van der Waals surface area (Å²) in [5.41, 5.74) is 16.0. The van der Waals surface area contributed by atoms with Crippen LogP contribution in [0.25, 0.3) is 55.6 Å². The lowest BCUT2D eigenvalue weighted by molar-refractivity contribution is 0.666. The van der Waals surface area contributed by atoms with E-state index in [1.165, 1.54) is 44.5 Å². The fraction of sp³-hybridized carbons (Fsp3) is 0.194. The lowest BCUT2D eigenvalue weighted by atomic mass is 10.0. The maximum Gasteiger partial charge on any atom is 0.129 e. The largest absolute Gasteiger partial charge is 0.457 e. The highest BCUT2D eigenvalue weighted by atomic mass is 16.3. The molecule has 0 saturated carbocycles. The fourth-order valence-corrected chi connectivity index (χ4v) is 5.39. The lowest BCUT2D eigenvalue weighted by Gasteiger charge is -2.02. The Morgan fingerprint density at radius 2 is 1.44 bits per heavy atom. The molecular weight excluding hydrogens is 416 g/mol. The number of nitrogens with one attached hydrogen (secondary N) is 1. The van der Waals surface area contributed by atoms with E-state index < -0.39 is 0 Å². The maximum absolute atomic E-state index is 6.17. The molecule has 1 aliphatic carbocycles. The van der Waals surface area contributed by atoms with Crippen molar-refractivity contribution in [2.75, 3.05) is 0 Å². The highest BCUT2D eigenvalue weighted by Crippen LogP contribution is 2.41. The van der Waals surface area contributed by atoms with Crippen molar-refractivity contribution in [3.8, 4) is 22.3 Å². The summed E-state index contributed by atoms with van der Waals surface area (Å²) in [6.45, 7) is 8.77. The summed E-state index contributed by atoms with van der Waals surface area (Å²) in [4.78, 5) is 8.71. The topological polar surface area (TPSA) is 41.8 Å². The number of H-pyrrole nitrogens is 1. The van der Waals surface area contributed by atoms with Gasteiger partial charge in [0.25, 0.3) is 0 Å². The second-order valence-electron chi connectivity index (χ2n) is 9.17. The molecule has 4 aromatic rings. The van der Waals surface area contributed by atoms with Crippen molar-refractivity contribution < 1.29 is 4.42 Å². The zero-order chi connectivity index (χ0) is 23.4. The normalized spacial score (nSPS) is 12.8. The number of nitrogens with zero attached hydrogens (tertiary/aromatic N) is 1. The first-order chi connectivity index (χ1) is 16.6. The standard InChI is InChI=1S/C31H28N2O/c1-5-24-18(3)28-16-22-11-12-23(34-22)17-29-19(4)25(6-2)31(33-29)15-21-13-20(14-30(24)32-28)26-9-7-8-10-27(21)26/h7-17,32H,5-6H2,1-4H3. The number of aryl methyl sites for hydroxylation is 2. The molecule has 6 rings (SSSR count). The molecule has 0 spiro atoms. The van der Waals surface area contributed by atoms with E-state index in [1.807, 2.05) is 12.1 Å². The van der Waals surface area contributed by atoms with Crippen molar-refractivity contribution in [1.29, 1.82) is 0 Å². The van der Waals surface area contributed by atoms with Gasteiger partial charge in [0, 0.05) is 23.2 Å². The smallest absolute Gasteiger partial charge is 0.129 e. The molecule has 0 radical (unpaired) electrons. The molecule has 0 fully saturated rings. The van der Waals surface area contributed by atoms with Crippen molar-refractivity contribution in [3.63, 3.8) is 0 Å². The van der Waals surface area contributed by atoms with E-state index >= 15 is 0 Å². The molecule has 2 aliphatic rings. The zero-order valence-electron chi connectivity index (χ0n) is 20.1. The van der Waals surface area contributed by atoms with Crippen LogP contribution in [0.15, 0.2) is 71.1 Å². The molecule has 1 aliphatic heterocycles. The van der Waals surface area contributed by atoms with Gasteiger partial charge in [-0.1, -0.05) is 38.1 Å². The highest BCUT2D eigenvalue weighted by Gasteiger charge is 2.19. The Morgan fingerprint density at radius 3 is 2.15 bits per heavy atom. The third-order valence-electron chi connectivity index (χ3n) is 7.21. The van der Waals surface area contributed by atoms with Crippen LogP contribution in [0.1, 0.15) is 49.7 Å². The van der Waals surface area contributed by atoms with Gasteiger partial charge in [-0.15, -0.1) is 0 Å². The molecule has 34 heavy (non-hydrogen) atoms. The molecule has 1 N–H and O–H groups in total. The number of fused-ring (bicyclic) bond motifs is 11. The molecule has 3 aromatic heterocycles. The van der Waals surface area contributed by atoms with E-state index in [9.17, 15) is 0 Å². The minimum absolute atomic E-state index is 0.820. The second kappa shape index (κ2) is 7.88. The van der Waals surface area contributed by atoms with Gasteiger partial charge in [-0.3, -0.25) is 0 Å². The minimum Gasteiger partial charge on any atom is -0.457 e.